The molecule has 1 aliphatic heterocycles. The third-order valence-electron chi connectivity index (χ3n) is 4.77. The molecule has 5 atom stereocenters. The molecule has 1 heterocycles. The van der Waals surface area contributed by atoms with Crippen LogP contribution in [0.2, 0.25) is 0 Å². The van der Waals surface area contributed by atoms with Gasteiger partial charge in [-0.2, -0.15) is 0 Å². The lowest BCUT2D eigenvalue weighted by Crippen LogP contribution is -2.51. The highest BCUT2D eigenvalue weighted by Crippen LogP contribution is 2.53. The summed E-state index contributed by atoms with van der Waals surface area (Å²) in [7, 11) is 0. The first-order chi connectivity index (χ1) is 10.2. The average Bonchev–Trinajstić information content (AvgIpc) is 2.73. The van der Waals surface area contributed by atoms with Crippen LogP contribution in [0.1, 0.15) is 20.3 Å². The Morgan fingerprint density at radius 3 is 2.73 bits per heavy atom. The average molecular weight is 306 g/mol. The fourth-order valence-corrected chi connectivity index (χ4v) is 3.72. The summed E-state index contributed by atoms with van der Waals surface area (Å²) in [5.41, 5.74) is 0.366. The van der Waals surface area contributed by atoms with Crippen molar-refractivity contribution in [2.45, 2.75) is 32.5 Å². The van der Waals surface area contributed by atoms with Crippen molar-refractivity contribution in [1.82, 2.24) is 0 Å². The molecule has 0 unspecified atom stereocenters. The van der Waals surface area contributed by atoms with Crippen LogP contribution in [0.5, 0.6) is 0 Å². The maximum absolute atomic E-state index is 11.9. The normalized spacial score (nSPS) is 37.2. The van der Waals surface area contributed by atoms with Crippen LogP contribution < -0.4 is 0 Å². The first kappa shape index (κ1) is 16.5. The standard InChI is InChI=1S/C17H22O5/c1-6-17(5)7-12(21-11(4)19)13-10(3)16(20)22-15(13)14(17)9(2)8-18/h6,12-15,18H,1-3,7-8H2,4-5H3/t12-,13+,14+,15-,17+/m0/s1. The Labute approximate surface area is 130 Å². The molecule has 22 heavy (non-hydrogen) atoms. The third-order valence-corrected chi connectivity index (χ3v) is 4.77. The van der Waals surface area contributed by atoms with Crippen LogP contribution in [0.4, 0.5) is 0 Å². The minimum absolute atomic E-state index is 0.209. The quantitative estimate of drug-likeness (QED) is 0.487. The Morgan fingerprint density at radius 1 is 1.59 bits per heavy atom. The second kappa shape index (κ2) is 5.72. The maximum atomic E-state index is 11.9. The second-order valence-electron chi connectivity index (χ2n) is 6.28. The molecular weight excluding hydrogens is 284 g/mol. The Morgan fingerprint density at radius 2 is 2.23 bits per heavy atom. The molecule has 0 amide bonds. The van der Waals surface area contributed by atoms with Gasteiger partial charge in [0.1, 0.15) is 12.2 Å². The van der Waals surface area contributed by atoms with E-state index in [1.807, 2.05) is 6.92 Å². The minimum atomic E-state index is -0.555. The number of ether oxygens (including phenoxy) is 2. The van der Waals surface area contributed by atoms with Gasteiger partial charge in [0.2, 0.25) is 0 Å². The minimum Gasteiger partial charge on any atom is -0.462 e. The molecule has 5 nitrogen and oxygen atoms in total. The van der Waals surface area contributed by atoms with Crippen molar-refractivity contribution in [2.75, 3.05) is 6.61 Å². The third kappa shape index (κ3) is 2.50. The first-order valence-electron chi connectivity index (χ1n) is 7.24. The molecule has 0 aromatic rings. The van der Waals surface area contributed by atoms with Crippen LogP contribution in [-0.2, 0) is 19.1 Å². The monoisotopic (exact) mass is 306 g/mol. The van der Waals surface area contributed by atoms with E-state index in [9.17, 15) is 14.7 Å². The molecule has 1 aliphatic carbocycles. The van der Waals surface area contributed by atoms with E-state index in [1.165, 1.54) is 6.92 Å². The van der Waals surface area contributed by atoms with Crippen molar-refractivity contribution < 1.29 is 24.2 Å². The molecule has 120 valence electrons. The second-order valence-corrected chi connectivity index (χ2v) is 6.28. The lowest BCUT2D eigenvalue weighted by molar-refractivity contribution is -0.160. The molecule has 1 N–H and O–H groups in total. The highest BCUT2D eigenvalue weighted by molar-refractivity contribution is 5.91. The zero-order chi connectivity index (χ0) is 16.7. The molecule has 0 bridgehead atoms. The van der Waals surface area contributed by atoms with Gasteiger partial charge >= 0.3 is 11.9 Å². The lowest BCUT2D eigenvalue weighted by Gasteiger charge is -2.48. The van der Waals surface area contributed by atoms with Crippen LogP contribution >= 0.6 is 0 Å². The Hall–Kier alpha value is -1.88. The van der Waals surface area contributed by atoms with Crippen LogP contribution in [-0.4, -0.2) is 35.9 Å². The molecule has 0 spiro atoms. The number of esters is 2. The maximum Gasteiger partial charge on any atom is 0.334 e. The van der Waals surface area contributed by atoms with E-state index in [1.54, 1.807) is 6.08 Å². The van der Waals surface area contributed by atoms with Crippen molar-refractivity contribution in [3.63, 3.8) is 0 Å². The number of carbonyl (C=O) groups excluding carboxylic acids is 2. The largest absolute Gasteiger partial charge is 0.462 e. The van der Waals surface area contributed by atoms with Gasteiger partial charge in [-0.25, -0.2) is 4.79 Å². The predicted molar refractivity (Wildman–Crippen MR) is 80.7 cm³/mol. The van der Waals surface area contributed by atoms with E-state index in [2.05, 4.69) is 19.7 Å². The summed E-state index contributed by atoms with van der Waals surface area (Å²) in [6.07, 6.45) is 1.16. The van der Waals surface area contributed by atoms with Crippen LogP contribution in [0, 0.1) is 17.3 Å². The van der Waals surface area contributed by atoms with Crippen molar-refractivity contribution >= 4 is 11.9 Å². The van der Waals surface area contributed by atoms with E-state index in [0.717, 1.165) is 0 Å². The molecule has 0 radical (unpaired) electrons. The van der Waals surface area contributed by atoms with E-state index in [0.29, 0.717) is 17.6 Å². The van der Waals surface area contributed by atoms with Crippen molar-refractivity contribution in [2.24, 2.45) is 17.3 Å². The van der Waals surface area contributed by atoms with Crippen LogP contribution in [0.3, 0.4) is 0 Å². The number of allylic oxidation sites excluding steroid dienone is 1. The Bertz CT molecular complexity index is 549. The molecule has 0 aromatic carbocycles. The highest BCUT2D eigenvalue weighted by atomic mass is 16.6. The summed E-state index contributed by atoms with van der Waals surface area (Å²) in [6, 6.07) is 0. The van der Waals surface area contributed by atoms with Gasteiger partial charge in [0, 0.05) is 18.4 Å². The summed E-state index contributed by atoms with van der Waals surface area (Å²) in [5, 5.41) is 9.50. The van der Waals surface area contributed by atoms with Gasteiger partial charge in [-0.15, -0.1) is 6.58 Å². The number of carbonyl (C=O) groups is 2. The van der Waals surface area contributed by atoms with E-state index in [4.69, 9.17) is 9.47 Å². The van der Waals surface area contributed by atoms with E-state index >= 15 is 0 Å². The number of aliphatic hydroxyl groups is 1. The van der Waals surface area contributed by atoms with Gasteiger partial charge in [0.05, 0.1) is 12.5 Å². The molecule has 2 aliphatic rings. The summed E-state index contributed by atoms with van der Waals surface area (Å²) in [6.45, 7) is 14.6. The summed E-state index contributed by atoms with van der Waals surface area (Å²) in [5.74, 6) is -1.62. The zero-order valence-electron chi connectivity index (χ0n) is 13.0. The van der Waals surface area contributed by atoms with E-state index < -0.39 is 35.5 Å². The Balaban J connectivity index is 2.48. The van der Waals surface area contributed by atoms with Gasteiger partial charge in [-0.1, -0.05) is 26.2 Å². The molecule has 5 heteroatoms. The number of aliphatic hydroxyl groups excluding tert-OH is 1. The smallest absolute Gasteiger partial charge is 0.334 e. The van der Waals surface area contributed by atoms with Gasteiger partial charge in [-0.05, 0) is 17.4 Å². The SMILES string of the molecule is C=C[C@]1(C)C[C@H](OC(C)=O)[C@H]2C(=C)C(=O)O[C@@H]2[C@H]1C(=C)CO. The number of hydrogen-bond donors (Lipinski definition) is 1. The van der Waals surface area contributed by atoms with E-state index in [-0.39, 0.29) is 12.5 Å². The molecular formula is C17H22O5. The molecule has 1 saturated heterocycles. The fraction of sp³-hybridized carbons (Fsp3) is 0.529. The topological polar surface area (TPSA) is 72.8 Å². The Kier molecular flexibility index (Phi) is 4.29. The summed E-state index contributed by atoms with van der Waals surface area (Å²) in [4.78, 5) is 23.3. The van der Waals surface area contributed by atoms with Crippen molar-refractivity contribution in [3.8, 4) is 0 Å². The lowest BCUT2D eigenvalue weighted by atomic mass is 9.59. The predicted octanol–water partition coefficient (Wildman–Crippen LogP) is 1.78. The summed E-state index contributed by atoms with van der Waals surface area (Å²) < 4.78 is 10.9. The molecule has 1 saturated carbocycles. The van der Waals surface area contributed by atoms with Gasteiger partial charge in [-0.3, -0.25) is 4.79 Å². The number of rotatable bonds is 4. The molecule has 2 fully saturated rings. The summed E-state index contributed by atoms with van der Waals surface area (Å²) >= 11 is 0. The van der Waals surface area contributed by atoms with Gasteiger partial charge < -0.3 is 14.6 Å². The van der Waals surface area contributed by atoms with Crippen molar-refractivity contribution in [1.29, 1.82) is 0 Å². The van der Waals surface area contributed by atoms with Gasteiger partial charge in [0.25, 0.3) is 0 Å². The van der Waals surface area contributed by atoms with Crippen molar-refractivity contribution in [3.05, 3.63) is 37.0 Å². The number of fused-ring (bicyclic) bond motifs is 1. The highest BCUT2D eigenvalue weighted by Gasteiger charge is 2.58. The van der Waals surface area contributed by atoms with Crippen LogP contribution in [0.25, 0.3) is 0 Å². The van der Waals surface area contributed by atoms with Gasteiger partial charge in [0.15, 0.2) is 0 Å². The molecule has 2 rings (SSSR count). The van der Waals surface area contributed by atoms with Crippen LogP contribution in [0.15, 0.2) is 37.0 Å². The molecule has 0 aromatic heterocycles. The fourth-order valence-electron chi connectivity index (χ4n) is 3.72. The number of hydrogen-bond acceptors (Lipinski definition) is 5. The zero-order valence-corrected chi connectivity index (χ0v) is 13.0. The first-order valence-corrected chi connectivity index (χ1v) is 7.24.